The normalized spacial score (nSPS) is 16.6. The zero-order valence-corrected chi connectivity index (χ0v) is 21.6. The highest BCUT2D eigenvalue weighted by Crippen LogP contribution is 2.30. The van der Waals surface area contributed by atoms with Gasteiger partial charge in [0.05, 0.1) is 24.8 Å². The van der Waals surface area contributed by atoms with Crippen LogP contribution < -0.4 is 27.0 Å². The molecule has 0 saturated carbocycles. The highest BCUT2D eigenvalue weighted by Gasteiger charge is 2.37. The van der Waals surface area contributed by atoms with E-state index in [2.05, 4.69) is 20.0 Å². The third-order valence-electron chi connectivity index (χ3n) is 5.98. The number of carbonyl (C=O) groups excluding carboxylic acids is 3. The molecule has 2 amide bonds. The van der Waals surface area contributed by atoms with Gasteiger partial charge in [-0.2, -0.15) is 4.37 Å². The number of nitrogens with one attached hydrogen (secondary N) is 2. The Kier molecular flexibility index (Phi) is 8.29. The van der Waals surface area contributed by atoms with Crippen molar-refractivity contribution in [1.82, 2.24) is 14.7 Å². The fourth-order valence-corrected chi connectivity index (χ4v) is 4.34. The van der Waals surface area contributed by atoms with Gasteiger partial charge in [-0.1, -0.05) is 24.3 Å². The van der Waals surface area contributed by atoms with Gasteiger partial charge in [0, 0.05) is 23.6 Å². The number of hydrogen-bond acceptors (Lipinski definition) is 10. The lowest BCUT2D eigenvalue weighted by Crippen LogP contribution is -2.43. The Morgan fingerprint density at radius 1 is 1.21 bits per heavy atom. The Labute approximate surface area is 222 Å². The summed E-state index contributed by atoms with van der Waals surface area (Å²) in [5, 5.41) is 6.44. The highest BCUT2D eigenvalue weighted by atomic mass is 32.1. The second-order valence-electron chi connectivity index (χ2n) is 8.91. The topological polar surface area (TPSA) is 166 Å². The van der Waals surface area contributed by atoms with Crippen molar-refractivity contribution in [2.24, 2.45) is 11.5 Å². The molecule has 0 spiro atoms. The van der Waals surface area contributed by atoms with Crippen molar-refractivity contribution in [3.05, 3.63) is 59.7 Å². The molecule has 0 radical (unpaired) electrons. The molecule has 2 aromatic carbocycles. The average Bonchev–Trinajstić information content (AvgIpc) is 3.52. The third kappa shape index (κ3) is 6.30. The number of amides is 2. The Hall–Kier alpha value is -3.94. The van der Waals surface area contributed by atoms with Gasteiger partial charge in [0.2, 0.25) is 11.0 Å². The molecule has 3 atom stereocenters. The molecule has 0 bridgehead atoms. The van der Waals surface area contributed by atoms with Crippen LogP contribution >= 0.6 is 11.5 Å². The van der Waals surface area contributed by atoms with E-state index in [0.717, 1.165) is 5.56 Å². The lowest BCUT2D eigenvalue weighted by atomic mass is 10.0. The molecule has 200 valence electrons. The minimum absolute atomic E-state index is 0.0672. The summed E-state index contributed by atoms with van der Waals surface area (Å²) in [4.78, 5) is 40.9. The number of hydrogen-bond donors (Lipinski definition) is 4. The molecule has 13 heteroatoms. The van der Waals surface area contributed by atoms with Crippen LogP contribution in [0.5, 0.6) is 0 Å². The zero-order valence-electron chi connectivity index (χ0n) is 20.8. The molecular formula is C25H28FN7O4S. The van der Waals surface area contributed by atoms with Gasteiger partial charge in [0.25, 0.3) is 0 Å². The first kappa shape index (κ1) is 27.1. The van der Waals surface area contributed by atoms with Crippen molar-refractivity contribution in [3.63, 3.8) is 0 Å². The number of nitrogens with zero attached hydrogens (tertiary/aromatic N) is 3. The Morgan fingerprint density at radius 2 is 1.95 bits per heavy atom. The predicted molar refractivity (Wildman–Crippen MR) is 141 cm³/mol. The predicted octanol–water partition coefficient (Wildman–Crippen LogP) is 2.16. The van der Waals surface area contributed by atoms with Crippen molar-refractivity contribution in [3.8, 4) is 11.1 Å². The smallest absolute Gasteiger partial charge is 0.414 e. The number of carbonyl (C=O) groups is 3. The van der Waals surface area contributed by atoms with Gasteiger partial charge in [0.1, 0.15) is 23.7 Å². The van der Waals surface area contributed by atoms with E-state index >= 15 is 4.39 Å². The Morgan fingerprint density at radius 3 is 2.61 bits per heavy atom. The van der Waals surface area contributed by atoms with Gasteiger partial charge in [0.15, 0.2) is 5.82 Å². The molecule has 0 aliphatic carbocycles. The number of cyclic esters (lactones) is 1. The van der Waals surface area contributed by atoms with E-state index in [0.29, 0.717) is 34.3 Å². The molecule has 38 heavy (non-hydrogen) atoms. The first-order chi connectivity index (χ1) is 18.1. The van der Waals surface area contributed by atoms with Gasteiger partial charge in [-0.05, 0) is 43.2 Å². The summed E-state index contributed by atoms with van der Waals surface area (Å²) in [5.41, 5.74) is 13.6. The van der Waals surface area contributed by atoms with Gasteiger partial charge in [-0.15, -0.1) is 0 Å². The number of benzene rings is 2. The van der Waals surface area contributed by atoms with Crippen molar-refractivity contribution in [1.29, 1.82) is 0 Å². The number of nitrogens with two attached hydrogens (primary N) is 2. The molecule has 4 rings (SSSR count). The van der Waals surface area contributed by atoms with E-state index in [1.54, 1.807) is 31.2 Å². The van der Waals surface area contributed by atoms with Gasteiger partial charge < -0.3 is 26.8 Å². The summed E-state index contributed by atoms with van der Waals surface area (Å²) in [6.45, 7) is 3.67. The summed E-state index contributed by atoms with van der Waals surface area (Å²) in [5.74, 6) is -0.582. The molecule has 6 N–H and O–H groups in total. The number of halogens is 1. The molecule has 11 nitrogen and oxygen atoms in total. The second-order valence-corrected chi connectivity index (χ2v) is 9.66. The molecule has 1 fully saturated rings. The lowest BCUT2D eigenvalue weighted by Gasteiger charge is -2.16. The number of anilines is 2. The number of rotatable bonds is 10. The highest BCUT2D eigenvalue weighted by molar-refractivity contribution is 7.09. The van der Waals surface area contributed by atoms with Crippen LogP contribution in [0, 0.1) is 5.82 Å². The first-order valence-corrected chi connectivity index (χ1v) is 12.6. The summed E-state index contributed by atoms with van der Waals surface area (Å²) >= 11 is 1.18. The van der Waals surface area contributed by atoms with E-state index < -0.39 is 30.1 Å². The van der Waals surface area contributed by atoms with Gasteiger partial charge in [-0.3, -0.25) is 14.5 Å². The van der Waals surface area contributed by atoms with Gasteiger partial charge >= 0.3 is 6.09 Å². The van der Waals surface area contributed by atoms with Crippen molar-refractivity contribution in [2.45, 2.75) is 45.1 Å². The number of ether oxygens (including phenoxy) is 1. The fourth-order valence-electron chi connectivity index (χ4n) is 3.75. The maximum absolute atomic E-state index is 15.0. The first-order valence-electron chi connectivity index (χ1n) is 11.8. The van der Waals surface area contributed by atoms with E-state index in [-0.39, 0.29) is 24.8 Å². The fraction of sp³-hybridized carbons (Fsp3) is 0.320. The molecule has 3 aromatic rings. The Balaban J connectivity index is 1.35. The van der Waals surface area contributed by atoms with Crippen LogP contribution in [0.3, 0.4) is 0 Å². The average molecular weight is 542 g/mol. The standard InChI is InChI=1S/C25H28FN7O4S/c1-13(27)23(35)29-11-21-31-24(38-32-21)30-10-15-3-5-16(6-4-15)18-8-7-17(9-19(18)26)33-12-20(37-25(33)36)22(28)14(2)34/h3-9,13,20,22H,10-12,27-28H2,1-2H3,(H,29,35)(H,30,31,32)/t13?,20?,22-/m1/s1. The van der Waals surface area contributed by atoms with Crippen molar-refractivity contribution >= 4 is 40.1 Å². The summed E-state index contributed by atoms with van der Waals surface area (Å²) in [6, 6.07) is 10.3. The van der Waals surface area contributed by atoms with Crippen molar-refractivity contribution in [2.75, 3.05) is 16.8 Å². The number of Topliss-reactive ketones (excluding diaryl/α,β-unsaturated/α-hetero) is 1. The number of aromatic nitrogens is 2. The minimum Gasteiger partial charge on any atom is -0.442 e. The Bertz CT molecular complexity index is 1330. The monoisotopic (exact) mass is 541 g/mol. The second kappa shape index (κ2) is 11.6. The molecule has 2 heterocycles. The van der Waals surface area contributed by atoms with E-state index in [4.69, 9.17) is 16.2 Å². The van der Waals surface area contributed by atoms with E-state index in [1.165, 1.54) is 29.4 Å². The molecule has 1 aromatic heterocycles. The maximum atomic E-state index is 15.0. The molecule has 1 aliphatic rings. The van der Waals surface area contributed by atoms with Crippen molar-refractivity contribution < 1.29 is 23.5 Å². The largest absolute Gasteiger partial charge is 0.442 e. The van der Waals surface area contributed by atoms with Crippen LogP contribution in [-0.2, 0) is 27.4 Å². The van der Waals surface area contributed by atoms with Crippen LogP contribution in [-0.4, -0.2) is 51.9 Å². The number of ketones is 1. The molecule has 1 aliphatic heterocycles. The van der Waals surface area contributed by atoms with E-state index in [1.807, 2.05) is 12.1 Å². The van der Waals surface area contributed by atoms with Crippen LogP contribution in [0.15, 0.2) is 42.5 Å². The summed E-state index contributed by atoms with van der Waals surface area (Å²) < 4.78 is 24.4. The summed E-state index contributed by atoms with van der Waals surface area (Å²) in [6.07, 6.45) is -1.45. The SMILES string of the molecule is CC(=O)[C@@H](N)C1CN(c2ccc(-c3ccc(CNc4nc(CNC(=O)C(C)N)ns4)cc3)c(F)c2)C(=O)O1. The lowest BCUT2D eigenvalue weighted by molar-refractivity contribution is -0.122. The van der Waals surface area contributed by atoms with E-state index in [9.17, 15) is 14.4 Å². The van der Waals surface area contributed by atoms with Crippen LogP contribution in [0.4, 0.5) is 20.0 Å². The molecule has 1 saturated heterocycles. The maximum Gasteiger partial charge on any atom is 0.414 e. The van der Waals surface area contributed by atoms with Gasteiger partial charge in [-0.25, -0.2) is 14.2 Å². The quantitative estimate of drug-likeness (QED) is 0.301. The van der Waals surface area contributed by atoms with Crippen LogP contribution in [0.2, 0.25) is 0 Å². The summed E-state index contributed by atoms with van der Waals surface area (Å²) in [7, 11) is 0. The third-order valence-corrected chi connectivity index (χ3v) is 6.69. The molecular weight excluding hydrogens is 513 g/mol. The minimum atomic E-state index is -0.928. The van der Waals surface area contributed by atoms with Crippen LogP contribution in [0.1, 0.15) is 25.2 Å². The molecule has 2 unspecified atom stereocenters. The zero-order chi connectivity index (χ0) is 27.4. The van der Waals surface area contributed by atoms with Crippen LogP contribution in [0.25, 0.3) is 11.1 Å².